The van der Waals surface area contributed by atoms with Crippen LogP contribution in [0.2, 0.25) is 0 Å². The molecule has 124 valence electrons. The molecule has 4 heteroatoms. The molecule has 0 aromatic heterocycles. The molecule has 2 aromatic rings. The molecule has 2 aromatic carbocycles. The van der Waals surface area contributed by atoms with Crippen molar-refractivity contribution in [2.75, 3.05) is 6.61 Å². The number of hydrogen-bond acceptors (Lipinski definition) is 4. The van der Waals surface area contributed by atoms with Gasteiger partial charge in [-0.25, -0.2) is 4.79 Å². The molecular formula is C20H20O4. The van der Waals surface area contributed by atoms with E-state index in [0.717, 1.165) is 17.7 Å². The van der Waals surface area contributed by atoms with Crippen molar-refractivity contribution in [2.45, 2.75) is 20.3 Å². The normalized spacial score (nSPS) is 10.6. The molecule has 0 saturated carbocycles. The average Bonchev–Trinajstić information content (AvgIpc) is 2.59. The highest BCUT2D eigenvalue weighted by molar-refractivity contribution is 5.94. The highest BCUT2D eigenvalue weighted by Gasteiger charge is 2.03. The molecule has 0 amide bonds. The topological polar surface area (TPSA) is 52.6 Å². The van der Waals surface area contributed by atoms with E-state index in [1.807, 2.05) is 24.3 Å². The van der Waals surface area contributed by atoms with Gasteiger partial charge in [0.05, 0.1) is 6.61 Å². The Bertz CT molecular complexity index is 712. The van der Waals surface area contributed by atoms with E-state index in [1.165, 1.54) is 13.0 Å². The zero-order chi connectivity index (χ0) is 17.4. The number of carbonyl (C=O) groups is 2. The summed E-state index contributed by atoms with van der Waals surface area (Å²) in [5.74, 6) is 0.705. The number of ether oxygens (including phenoxy) is 2. The van der Waals surface area contributed by atoms with Gasteiger partial charge in [-0.05, 0) is 61.4 Å². The average molecular weight is 324 g/mol. The zero-order valence-electron chi connectivity index (χ0n) is 13.8. The van der Waals surface area contributed by atoms with Gasteiger partial charge >= 0.3 is 5.97 Å². The lowest BCUT2D eigenvalue weighted by Gasteiger charge is -2.04. The van der Waals surface area contributed by atoms with Crippen LogP contribution in [-0.4, -0.2) is 18.4 Å². The molecule has 0 spiro atoms. The molecule has 0 fully saturated rings. The number of hydrogen-bond donors (Lipinski definition) is 0. The molecule has 0 heterocycles. The van der Waals surface area contributed by atoms with Crippen molar-refractivity contribution >= 4 is 17.8 Å². The van der Waals surface area contributed by atoms with Gasteiger partial charge in [-0.2, -0.15) is 0 Å². The summed E-state index contributed by atoms with van der Waals surface area (Å²) in [4.78, 5) is 23.0. The third kappa shape index (κ3) is 5.39. The minimum atomic E-state index is -0.475. The monoisotopic (exact) mass is 324 g/mol. The van der Waals surface area contributed by atoms with Crippen molar-refractivity contribution in [1.29, 1.82) is 0 Å². The number of carbonyl (C=O) groups excluding carboxylic acids is 2. The van der Waals surface area contributed by atoms with Crippen LogP contribution in [-0.2, 0) is 4.79 Å². The number of benzene rings is 2. The number of ketones is 1. The van der Waals surface area contributed by atoms with Crippen LogP contribution < -0.4 is 9.47 Å². The highest BCUT2D eigenvalue weighted by Crippen LogP contribution is 2.15. The van der Waals surface area contributed by atoms with Gasteiger partial charge in [0.25, 0.3) is 0 Å². The van der Waals surface area contributed by atoms with Gasteiger partial charge in [0.1, 0.15) is 11.5 Å². The van der Waals surface area contributed by atoms with Gasteiger partial charge in [-0.1, -0.05) is 19.1 Å². The Morgan fingerprint density at radius 2 is 1.58 bits per heavy atom. The molecular weight excluding hydrogens is 304 g/mol. The molecule has 0 aliphatic rings. The van der Waals surface area contributed by atoms with Gasteiger partial charge < -0.3 is 9.47 Å². The summed E-state index contributed by atoms with van der Waals surface area (Å²) in [5, 5.41) is 0. The van der Waals surface area contributed by atoms with Crippen LogP contribution in [0.1, 0.15) is 36.2 Å². The van der Waals surface area contributed by atoms with E-state index in [0.29, 0.717) is 17.9 Å². The Morgan fingerprint density at radius 3 is 2.17 bits per heavy atom. The predicted molar refractivity (Wildman–Crippen MR) is 93.3 cm³/mol. The van der Waals surface area contributed by atoms with Crippen molar-refractivity contribution in [3.8, 4) is 11.5 Å². The summed E-state index contributed by atoms with van der Waals surface area (Å²) < 4.78 is 10.7. The molecule has 0 bridgehead atoms. The fraction of sp³-hybridized carbons (Fsp3) is 0.200. The predicted octanol–water partition coefficient (Wildman–Crippen LogP) is 4.30. The van der Waals surface area contributed by atoms with E-state index in [1.54, 1.807) is 30.3 Å². The van der Waals surface area contributed by atoms with E-state index < -0.39 is 5.97 Å². The lowest BCUT2D eigenvalue weighted by molar-refractivity contribution is -0.128. The van der Waals surface area contributed by atoms with E-state index in [4.69, 9.17) is 9.47 Å². The summed E-state index contributed by atoms with van der Waals surface area (Å²) in [5.41, 5.74) is 1.46. The Kier molecular flexibility index (Phi) is 6.32. The SMILES string of the molecule is CCCOc1ccc(/C=C/C(=O)Oc2ccc(C(C)=O)cc2)cc1. The minimum Gasteiger partial charge on any atom is -0.494 e. The van der Waals surface area contributed by atoms with Gasteiger partial charge in [0.2, 0.25) is 0 Å². The van der Waals surface area contributed by atoms with Crippen LogP contribution in [0.5, 0.6) is 11.5 Å². The summed E-state index contributed by atoms with van der Waals surface area (Å²) in [6.07, 6.45) is 4.00. The third-order valence-electron chi connectivity index (χ3n) is 3.24. The van der Waals surface area contributed by atoms with Gasteiger partial charge in [0, 0.05) is 11.6 Å². The van der Waals surface area contributed by atoms with Crippen LogP contribution in [0.4, 0.5) is 0 Å². The molecule has 0 aliphatic heterocycles. The van der Waals surface area contributed by atoms with Crippen LogP contribution in [0, 0.1) is 0 Å². The van der Waals surface area contributed by atoms with Crippen molar-refractivity contribution in [1.82, 2.24) is 0 Å². The fourth-order valence-corrected chi connectivity index (χ4v) is 1.97. The number of esters is 1. The molecule has 0 aliphatic carbocycles. The standard InChI is InChI=1S/C20H20O4/c1-3-14-23-18-9-4-16(5-10-18)6-13-20(22)24-19-11-7-17(8-12-19)15(2)21/h4-13H,3,14H2,1-2H3/b13-6+. The second-order valence-electron chi connectivity index (χ2n) is 5.25. The molecule has 0 radical (unpaired) electrons. The Balaban J connectivity index is 1.91. The Hall–Kier alpha value is -2.88. The quantitative estimate of drug-likeness (QED) is 0.330. The lowest BCUT2D eigenvalue weighted by Crippen LogP contribution is -2.04. The summed E-state index contributed by atoms with van der Waals surface area (Å²) in [6.45, 7) is 4.22. The molecule has 24 heavy (non-hydrogen) atoms. The summed E-state index contributed by atoms with van der Waals surface area (Å²) >= 11 is 0. The van der Waals surface area contributed by atoms with E-state index in [-0.39, 0.29) is 5.78 Å². The molecule has 2 rings (SSSR count). The summed E-state index contributed by atoms with van der Waals surface area (Å²) in [6, 6.07) is 13.9. The maximum Gasteiger partial charge on any atom is 0.336 e. The van der Waals surface area contributed by atoms with Crippen LogP contribution in [0.25, 0.3) is 6.08 Å². The molecule has 4 nitrogen and oxygen atoms in total. The van der Waals surface area contributed by atoms with Crippen molar-refractivity contribution < 1.29 is 19.1 Å². The first-order valence-corrected chi connectivity index (χ1v) is 7.82. The minimum absolute atomic E-state index is 0.0286. The first-order valence-electron chi connectivity index (χ1n) is 7.82. The first-order chi connectivity index (χ1) is 11.6. The van der Waals surface area contributed by atoms with Gasteiger partial charge in [0.15, 0.2) is 5.78 Å². The molecule has 0 N–H and O–H groups in total. The molecule has 0 unspecified atom stereocenters. The second-order valence-corrected chi connectivity index (χ2v) is 5.25. The smallest absolute Gasteiger partial charge is 0.336 e. The maximum atomic E-state index is 11.8. The number of rotatable bonds is 7. The largest absolute Gasteiger partial charge is 0.494 e. The lowest BCUT2D eigenvalue weighted by atomic mass is 10.1. The summed E-state index contributed by atoms with van der Waals surface area (Å²) in [7, 11) is 0. The van der Waals surface area contributed by atoms with Crippen molar-refractivity contribution in [3.05, 3.63) is 65.7 Å². The molecule has 0 atom stereocenters. The fourth-order valence-electron chi connectivity index (χ4n) is 1.97. The van der Waals surface area contributed by atoms with E-state index in [9.17, 15) is 9.59 Å². The van der Waals surface area contributed by atoms with Gasteiger partial charge in [-0.15, -0.1) is 0 Å². The van der Waals surface area contributed by atoms with Crippen molar-refractivity contribution in [3.63, 3.8) is 0 Å². The van der Waals surface area contributed by atoms with Crippen molar-refractivity contribution in [2.24, 2.45) is 0 Å². The third-order valence-corrected chi connectivity index (χ3v) is 3.24. The zero-order valence-corrected chi connectivity index (χ0v) is 13.8. The number of Topliss-reactive ketones (excluding diaryl/α,β-unsaturated/α-hetero) is 1. The maximum absolute atomic E-state index is 11.8. The van der Waals surface area contributed by atoms with E-state index >= 15 is 0 Å². The van der Waals surface area contributed by atoms with Crippen LogP contribution in [0.15, 0.2) is 54.6 Å². The Labute approximate surface area is 141 Å². The second kappa shape index (κ2) is 8.67. The molecule has 0 saturated heterocycles. The van der Waals surface area contributed by atoms with E-state index in [2.05, 4.69) is 6.92 Å². The van der Waals surface area contributed by atoms with Gasteiger partial charge in [-0.3, -0.25) is 4.79 Å². The van der Waals surface area contributed by atoms with Crippen LogP contribution in [0.3, 0.4) is 0 Å². The highest BCUT2D eigenvalue weighted by atomic mass is 16.5. The van der Waals surface area contributed by atoms with Crippen LogP contribution >= 0.6 is 0 Å². The first kappa shape index (κ1) is 17.5. The Morgan fingerprint density at radius 1 is 0.958 bits per heavy atom.